The van der Waals surface area contributed by atoms with Crippen molar-refractivity contribution in [3.8, 4) is 0 Å². The van der Waals surface area contributed by atoms with Crippen LogP contribution in [0.25, 0.3) is 0 Å². The van der Waals surface area contributed by atoms with Gasteiger partial charge in [-0.2, -0.15) is 0 Å². The fourth-order valence-electron chi connectivity index (χ4n) is 0.828. The molecule has 1 rings (SSSR count). The van der Waals surface area contributed by atoms with E-state index in [-0.39, 0.29) is 5.56 Å². The third-order valence-corrected chi connectivity index (χ3v) is 1.33. The molecule has 0 atom stereocenters. The van der Waals surface area contributed by atoms with Crippen molar-refractivity contribution in [2.45, 2.75) is 13.3 Å². The predicted octanol–water partition coefficient (Wildman–Crippen LogP) is 0.520. The Labute approximate surface area is 58.9 Å². The summed E-state index contributed by atoms with van der Waals surface area (Å²) in [5, 5.41) is 0. The first-order valence-corrected chi connectivity index (χ1v) is 3.21. The molecule has 0 aromatic carbocycles. The highest BCUT2D eigenvalue weighted by atomic mass is 16.1. The first-order valence-electron chi connectivity index (χ1n) is 3.21. The number of hydrogen-bond acceptors (Lipinski definition) is 2. The summed E-state index contributed by atoms with van der Waals surface area (Å²) in [7, 11) is 0. The summed E-state index contributed by atoms with van der Waals surface area (Å²) >= 11 is 0. The maximum absolute atomic E-state index is 10.7. The first kappa shape index (κ1) is 6.86. The fraction of sp³-hybridized carbons (Fsp3) is 0.286. The number of aromatic nitrogens is 1. The molecule has 1 aromatic heterocycles. The average Bonchev–Trinajstić information content (AvgIpc) is 1.85. The predicted molar refractivity (Wildman–Crippen MR) is 40.9 cm³/mol. The van der Waals surface area contributed by atoms with Crippen LogP contribution in [0.5, 0.6) is 0 Å². The van der Waals surface area contributed by atoms with E-state index < -0.39 is 0 Å². The van der Waals surface area contributed by atoms with Crippen LogP contribution in [-0.2, 0) is 6.42 Å². The lowest BCUT2D eigenvalue weighted by molar-refractivity contribution is 1.10. The molecule has 3 heteroatoms. The van der Waals surface area contributed by atoms with E-state index in [0.717, 1.165) is 12.0 Å². The molecule has 0 spiro atoms. The summed E-state index contributed by atoms with van der Waals surface area (Å²) in [6, 6.07) is 3.32. The second-order valence-electron chi connectivity index (χ2n) is 2.16. The molecule has 3 nitrogen and oxygen atoms in total. The van der Waals surface area contributed by atoms with Crippen LogP contribution >= 0.6 is 0 Å². The van der Waals surface area contributed by atoms with Crippen molar-refractivity contribution < 1.29 is 0 Å². The lowest BCUT2D eigenvalue weighted by atomic mass is 10.2. The molecule has 0 aliphatic heterocycles. The van der Waals surface area contributed by atoms with Crippen LogP contribution in [0, 0.1) is 0 Å². The second-order valence-corrected chi connectivity index (χ2v) is 2.16. The Kier molecular flexibility index (Phi) is 1.76. The van der Waals surface area contributed by atoms with E-state index in [1.54, 1.807) is 12.1 Å². The normalized spacial score (nSPS) is 9.70. The van der Waals surface area contributed by atoms with Gasteiger partial charge >= 0.3 is 0 Å². The minimum Gasteiger partial charge on any atom is -0.385 e. The molecule has 0 bridgehead atoms. The van der Waals surface area contributed by atoms with E-state index >= 15 is 0 Å². The quantitative estimate of drug-likeness (QED) is 0.594. The van der Waals surface area contributed by atoms with Gasteiger partial charge < -0.3 is 10.7 Å². The summed E-state index contributed by atoms with van der Waals surface area (Å²) < 4.78 is 0. The number of nitrogens with one attached hydrogen (secondary N) is 1. The number of pyridine rings is 1. The van der Waals surface area contributed by atoms with Gasteiger partial charge in [-0.05, 0) is 18.1 Å². The van der Waals surface area contributed by atoms with Crippen LogP contribution in [0.1, 0.15) is 12.5 Å². The number of hydrogen-bond donors (Lipinski definition) is 2. The van der Waals surface area contributed by atoms with Gasteiger partial charge in [0.15, 0.2) is 0 Å². The van der Waals surface area contributed by atoms with Crippen LogP contribution in [-0.4, -0.2) is 4.98 Å². The molecule has 0 aliphatic carbocycles. The molecule has 0 unspecified atom stereocenters. The molecular formula is C7H10N2O. The zero-order chi connectivity index (χ0) is 7.56. The zero-order valence-corrected chi connectivity index (χ0v) is 5.85. The monoisotopic (exact) mass is 138 g/mol. The second kappa shape index (κ2) is 2.56. The van der Waals surface area contributed by atoms with Crippen molar-refractivity contribution in [3.05, 3.63) is 28.0 Å². The van der Waals surface area contributed by atoms with E-state index in [4.69, 9.17) is 5.73 Å². The van der Waals surface area contributed by atoms with Crippen LogP contribution in [0.2, 0.25) is 0 Å². The van der Waals surface area contributed by atoms with Gasteiger partial charge in [-0.1, -0.05) is 6.92 Å². The van der Waals surface area contributed by atoms with Gasteiger partial charge in [-0.3, -0.25) is 4.79 Å². The Balaban J connectivity index is 3.19. The largest absolute Gasteiger partial charge is 0.385 e. The Hall–Kier alpha value is -1.25. The molecule has 0 radical (unpaired) electrons. The third-order valence-electron chi connectivity index (χ3n) is 1.33. The van der Waals surface area contributed by atoms with Gasteiger partial charge in [0, 0.05) is 6.07 Å². The van der Waals surface area contributed by atoms with Gasteiger partial charge in [-0.15, -0.1) is 0 Å². The maximum atomic E-state index is 10.7. The zero-order valence-electron chi connectivity index (χ0n) is 5.85. The molecule has 0 aliphatic rings. The van der Waals surface area contributed by atoms with Gasteiger partial charge in [0.2, 0.25) is 5.56 Å². The summed E-state index contributed by atoms with van der Waals surface area (Å²) in [5.74, 6) is 0.435. The van der Waals surface area contributed by atoms with Crippen LogP contribution < -0.4 is 11.3 Å². The van der Waals surface area contributed by atoms with Gasteiger partial charge in [-0.25, -0.2) is 0 Å². The number of aromatic amines is 1. The van der Waals surface area contributed by atoms with Crippen LogP contribution in [0.3, 0.4) is 0 Å². The van der Waals surface area contributed by atoms with E-state index in [9.17, 15) is 4.79 Å². The smallest absolute Gasteiger partial charge is 0.249 e. The number of nitrogen functional groups attached to an aromatic ring is 1. The van der Waals surface area contributed by atoms with Gasteiger partial charge in [0.05, 0.1) is 0 Å². The summed E-state index contributed by atoms with van der Waals surface area (Å²) in [4.78, 5) is 13.2. The average molecular weight is 138 g/mol. The van der Waals surface area contributed by atoms with Crippen LogP contribution in [0.15, 0.2) is 16.9 Å². The molecule has 10 heavy (non-hydrogen) atoms. The van der Waals surface area contributed by atoms with Crippen molar-refractivity contribution in [1.29, 1.82) is 0 Å². The molecule has 54 valence electrons. The minimum atomic E-state index is -0.128. The van der Waals surface area contributed by atoms with Crippen molar-refractivity contribution >= 4 is 5.82 Å². The number of nitrogens with two attached hydrogens (primary N) is 1. The first-order chi connectivity index (χ1) is 4.72. The van der Waals surface area contributed by atoms with Crippen molar-refractivity contribution in [2.24, 2.45) is 0 Å². The third kappa shape index (κ3) is 1.37. The number of aryl methyl sites for hydroxylation is 1. The molecule has 1 heterocycles. The highest BCUT2D eigenvalue weighted by molar-refractivity contribution is 5.31. The van der Waals surface area contributed by atoms with E-state index in [1.165, 1.54) is 0 Å². The highest BCUT2D eigenvalue weighted by Crippen LogP contribution is 1.98. The van der Waals surface area contributed by atoms with E-state index in [1.807, 2.05) is 6.92 Å². The van der Waals surface area contributed by atoms with Crippen molar-refractivity contribution in [2.75, 3.05) is 5.73 Å². The molecule has 1 aromatic rings. The van der Waals surface area contributed by atoms with Crippen molar-refractivity contribution in [3.63, 3.8) is 0 Å². The molecule has 0 saturated carbocycles. The van der Waals surface area contributed by atoms with E-state index in [0.29, 0.717) is 5.82 Å². The van der Waals surface area contributed by atoms with E-state index in [2.05, 4.69) is 4.98 Å². The van der Waals surface area contributed by atoms with Gasteiger partial charge in [0.25, 0.3) is 0 Å². The van der Waals surface area contributed by atoms with Crippen LogP contribution in [0.4, 0.5) is 5.82 Å². The minimum absolute atomic E-state index is 0.128. The highest BCUT2D eigenvalue weighted by Gasteiger charge is 1.91. The molecule has 3 N–H and O–H groups in total. The Morgan fingerprint density at radius 1 is 1.60 bits per heavy atom. The number of anilines is 1. The van der Waals surface area contributed by atoms with Gasteiger partial charge in [0.1, 0.15) is 5.82 Å². The Morgan fingerprint density at radius 2 is 2.30 bits per heavy atom. The fourth-order valence-corrected chi connectivity index (χ4v) is 0.828. The lowest BCUT2D eigenvalue weighted by Gasteiger charge is -1.95. The summed E-state index contributed by atoms with van der Waals surface area (Å²) in [6.45, 7) is 1.98. The standard InChI is InChI=1S/C7H10N2O/c1-2-5-3-6(8)9-7(10)4-5/h3-4H,2H2,1H3,(H3,8,9,10). The SMILES string of the molecule is CCc1cc(N)[nH]c(=O)c1. The van der Waals surface area contributed by atoms with Crippen molar-refractivity contribution in [1.82, 2.24) is 4.98 Å². The molecule has 0 saturated heterocycles. The number of rotatable bonds is 1. The molecule has 0 amide bonds. The lowest BCUT2D eigenvalue weighted by Crippen LogP contribution is -2.08. The Bertz CT molecular complexity index is 277. The number of H-pyrrole nitrogens is 1. The summed E-state index contributed by atoms with van der Waals surface area (Å²) in [6.07, 6.45) is 0.841. The molecule has 0 fully saturated rings. The Morgan fingerprint density at radius 3 is 2.80 bits per heavy atom. The maximum Gasteiger partial charge on any atom is 0.249 e. The summed E-state index contributed by atoms with van der Waals surface area (Å²) in [5.41, 5.74) is 6.22. The topological polar surface area (TPSA) is 58.9 Å². The molecular weight excluding hydrogens is 128 g/mol.